The second-order valence-electron chi connectivity index (χ2n) is 3.13. The molecule has 1 heterocycles. The molecule has 3 nitrogen and oxygen atoms in total. The van der Waals surface area contributed by atoms with E-state index in [4.69, 9.17) is 11.6 Å². The van der Waals surface area contributed by atoms with Crippen molar-refractivity contribution in [2.75, 3.05) is 0 Å². The van der Waals surface area contributed by atoms with E-state index in [2.05, 4.69) is 25.7 Å². The lowest BCUT2D eigenvalue weighted by Crippen LogP contribution is -2.20. The van der Waals surface area contributed by atoms with Gasteiger partial charge in [-0.2, -0.15) is 0 Å². The van der Waals surface area contributed by atoms with E-state index in [1.54, 1.807) is 0 Å². The number of carbonyl (C=O) groups is 1. The van der Waals surface area contributed by atoms with Crippen LogP contribution < -0.4 is 4.74 Å². The first kappa shape index (κ1) is 16.1. The minimum Gasteiger partial charge on any atom is -0.405 e. The largest absolute Gasteiger partial charge is 0.573 e. The number of rotatable bonds is 4. The molecule has 0 spiro atoms. The van der Waals surface area contributed by atoms with E-state index < -0.39 is 35.0 Å². The summed E-state index contributed by atoms with van der Waals surface area (Å²) in [7, 11) is 0. The van der Waals surface area contributed by atoms with Gasteiger partial charge in [0.1, 0.15) is 17.0 Å². The highest BCUT2D eigenvalue weighted by molar-refractivity contribution is 9.08. The van der Waals surface area contributed by atoms with Gasteiger partial charge in [-0.25, -0.2) is 13.8 Å². The fourth-order valence-corrected chi connectivity index (χ4v) is 1.70. The molecule has 0 fully saturated rings. The molecule has 0 saturated carbocycles. The quantitative estimate of drug-likeness (QED) is 0.454. The molecular weight excluding hydrogens is 364 g/mol. The van der Waals surface area contributed by atoms with Gasteiger partial charge in [0.05, 0.1) is 5.69 Å². The minimum absolute atomic E-state index is 0.0995. The molecule has 1 rings (SSSR count). The number of pyridine rings is 1. The lowest BCUT2D eigenvalue weighted by atomic mass is 10.1. The van der Waals surface area contributed by atoms with Crippen molar-refractivity contribution in [1.29, 1.82) is 0 Å². The SMILES string of the molecule is O=C(Cl)c1c(OC(F)(F)F)cc(CBr)nc1C(F)F. The van der Waals surface area contributed by atoms with Gasteiger partial charge in [-0.05, 0) is 11.6 Å². The summed E-state index contributed by atoms with van der Waals surface area (Å²) in [5.74, 6) is -1.10. The summed E-state index contributed by atoms with van der Waals surface area (Å²) in [4.78, 5) is 14.4. The minimum atomic E-state index is -5.15. The molecule has 0 atom stereocenters. The van der Waals surface area contributed by atoms with Crippen molar-refractivity contribution in [3.8, 4) is 5.75 Å². The molecule has 19 heavy (non-hydrogen) atoms. The van der Waals surface area contributed by atoms with Gasteiger partial charge in [-0.15, -0.1) is 13.2 Å². The normalized spacial score (nSPS) is 11.8. The van der Waals surface area contributed by atoms with E-state index in [-0.39, 0.29) is 11.0 Å². The van der Waals surface area contributed by atoms with Crippen LogP contribution in [0.3, 0.4) is 0 Å². The smallest absolute Gasteiger partial charge is 0.405 e. The van der Waals surface area contributed by atoms with Crippen LogP contribution in [0.1, 0.15) is 28.2 Å². The Hall–Kier alpha value is -0.960. The van der Waals surface area contributed by atoms with Gasteiger partial charge in [0.25, 0.3) is 11.7 Å². The van der Waals surface area contributed by atoms with E-state index >= 15 is 0 Å². The standard InChI is InChI=1S/C9H4BrClF5NO2/c10-2-3-1-4(19-9(14,15)16)5(7(11)18)6(17-3)8(12)13/h1,8H,2H2. The van der Waals surface area contributed by atoms with Gasteiger partial charge in [-0.1, -0.05) is 15.9 Å². The molecule has 0 amide bonds. The summed E-state index contributed by atoms with van der Waals surface area (Å²) >= 11 is 7.86. The van der Waals surface area contributed by atoms with Gasteiger partial charge >= 0.3 is 6.36 Å². The first-order chi connectivity index (χ1) is 8.65. The third-order valence-electron chi connectivity index (χ3n) is 1.83. The fraction of sp³-hybridized carbons (Fsp3) is 0.333. The second kappa shape index (κ2) is 6.00. The number of alkyl halides is 6. The molecule has 0 saturated heterocycles. The molecule has 0 aliphatic rings. The topological polar surface area (TPSA) is 39.2 Å². The monoisotopic (exact) mass is 367 g/mol. The van der Waals surface area contributed by atoms with Crippen LogP contribution in [-0.4, -0.2) is 16.6 Å². The van der Waals surface area contributed by atoms with Crippen LogP contribution >= 0.6 is 27.5 Å². The Morgan fingerprint density at radius 3 is 2.42 bits per heavy atom. The molecule has 0 radical (unpaired) electrons. The highest BCUT2D eigenvalue weighted by atomic mass is 79.9. The number of nitrogens with zero attached hydrogens (tertiary/aromatic N) is 1. The Morgan fingerprint density at radius 1 is 1.47 bits per heavy atom. The third-order valence-corrected chi connectivity index (χ3v) is 2.59. The van der Waals surface area contributed by atoms with Gasteiger partial charge < -0.3 is 4.74 Å². The van der Waals surface area contributed by atoms with E-state index in [1.807, 2.05) is 0 Å². The maximum absolute atomic E-state index is 12.7. The molecule has 0 N–H and O–H groups in total. The summed E-state index contributed by atoms with van der Waals surface area (Å²) in [6.45, 7) is 0. The van der Waals surface area contributed by atoms with Crippen LogP contribution in [0.4, 0.5) is 22.0 Å². The van der Waals surface area contributed by atoms with Crippen LogP contribution in [0.2, 0.25) is 0 Å². The van der Waals surface area contributed by atoms with Crippen LogP contribution in [-0.2, 0) is 5.33 Å². The number of halogens is 7. The van der Waals surface area contributed by atoms with E-state index in [0.29, 0.717) is 6.07 Å². The number of hydrogen-bond acceptors (Lipinski definition) is 3. The van der Waals surface area contributed by atoms with E-state index in [0.717, 1.165) is 0 Å². The Balaban J connectivity index is 3.48. The van der Waals surface area contributed by atoms with Crippen molar-refractivity contribution >= 4 is 32.8 Å². The van der Waals surface area contributed by atoms with E-state index in [1.165, 1.54) is 0 Å². The lowest BCUT2D eigenvalue weighted by Gasteiger charge is -2.15. The van der Waals surface area contributed by atoms with Gasteiger partial charge in [0.15, 0.2) is 0 Å². The van der Waals surface area contributed by atoms with Crippen molar-refractivity contribution < 1.29 is 31.5 Å². The van der Waals surface area contributed by atoms with Crippen LogP contribution in [0.15, 0.2) is 6.07 Å². The molecule has 0 aromatic carbocycles. The predicted octanol–water partition coefficient (Wildman–Crippen LogP) is 4.19. The van der Waals surface area contributed by atoms with Crippen LogP contribution in [0.5, 0.6) is 5.75 Å². The lowest BCUT2D eigenvalue weighted by molar-refractivity contribution is -0.274. The summed E-state index contributed by atoms with van der Waals surface area (Å²) in [5, 5.41) is -1.61. The highest BCUT2D eigenvalue weighted by Gasteiger charge is 2.35. The van der Waals surface area contributed by atoms with Crippen LogP contribution in [0, 0.1) is 0 Å². The molecular formula is C9H4BrClF5NO2. The zero-order valence-corrected chi connectivity index (χ0v) is 11.1. The fourth-order valence-electron chi connectivity index (χ4n) is 1.22. The highest BCUT2D eigenvalue weighted by Crippen LogP contribution is 2.34. The Bertz CT molecular complexity index is 494. The number of carbonyl (C=O) groups excluding carboxylic acids is 1. The Kier molecular flexibility index (Phi) is 5.08. The molecule has 0 bridgehead atoms. The predicted molar refractivity (Wildman–Crippen MR) is 58.7 cm³/mol. The average Bonchev–Trinajstić information content (AvgIpc) is 2.24. The molecule has 0 aliphatic carbocycles. The van der Waals surface area contributed by atoms with Gasteiger partial charge in [-0.3, -0.25) is 4.79 Å². The molecule has 10 heteroatoms. The maximum atomic E-state index is 12.7. The first-order valence-electron chi connectivity index (χ1n) is 4.49. The molecule has 0 unspecified atom stereocenters. The van der Waals surface area contributed by atoms with Crippen LogP contribution in [0.25, 0.3) is 0 Å². The average molecular weight is 368 g/mol. The van der Waals surface area contributed by atoms with Crippen molar-refractivity contribution in [3.63, 3.8) is 0 Å². The van der Waals surface area contributed by atoms with Crippen molar-refractivity contribution in [2.24, 2.45) is 0 Å². The Morgan fingerprint density at radius 2 is 2.05 bits per heavy atom. The molecule has 1 aromatic rings. The zero-order valence-electron chi connectivity index (χ0n) is 8.77. The molecule has 1 aromatic heterocycles. The van der Waals surface area contributed by atoms with Crippen molar-refractivity contribution in [3.05, 3.63) is 23.0 Å². The van der Waals surface area contributed by atoms with Crippen molar-refractivity contribution in [2.45, 2.75) is 18.1 Å². The summed E-state index contributed by atoms with van der Waals surface area (Å²) < 4.78 is 65.4. The van der Waals surface area contributed by atoms with E-state index in [9.17, 15) is 26.7 Å². The van der Waals surface area contributed by atoms with Crippen molar-refractivity contribution in [1.82, 2.24) is 4.98 Å². The molecule has 106 valence electrons. The van der Waals surface area contributed by atoms with Gasteiger partial charge in [0.2, 0.25) is 0 Å². The summed E-state index contributed by atoms with van der Waals surface area (Å²) in [6, 6.07) is 0.712. The molecule has 0 aliphatic heterocycles. The maximum Gasteiger partial charge on any atom is 0.573 e. The van der Waals surface area contributed by atoms with Gasteiger partial charge in [0, 0.05) is 11.4 Å². The number of aromatic nitrogens is 1. The number of ether oxygens (including phenoxy) is 1. The Labute approximate surface area is 116 Å². The second-order valence-corrected chi connectivity index (χ2v) is 4.03. The summed E-state index contributed by atoms with van der Waals surface area (Å²) in [6.07, 6.45) is -8.42. The first-order valence-corrected chi connectivity index (χ1v) is 5.99. The number of hydrogen-bond donors (Lipinski definition) is 0. The summed E-state index contributed by atoms with van der Waals surface area (Å²) in [5.41, 5.74) is -2.41. The zero-order chi connectivity index (χ0) is 14.8. The third kappa shape index (κ3) is 4.27.